The third kappa shape index (κ3) is 3.57. The van der Waals surface area contributed by atoms with E-state index in [1.54, 1.807) is 19.2 Å². The molecule has 0 aromatic heterocycles. The molecule has 3 heteroatoms. The molecule has 1 heterocycles. The summed E-state index contributed by atoms with van der Waals surface area (Å²) in [5.74, 6) is 2.39. The first kappa shape index (κ1) is 18.4. The molecule has 144 valence electrons. The maximum absolute atomic E-state index is 9.78. The highest BCUT2D eigenvalue weighted by atomic mass is 16.5. The van der Waals surface area contributed by atoms with Crippen LogP contribution >= 0.6 is 0 Å². The zero-order chi connectivity index (χ0) is 19.7. The maximum Gasteiger partial charge on any atom is 0.127 e. The molecule has 2 atom stereocenters. The molecule has 0 amide bonds. The molecule has 1 aliphatic heterocycles. The third-order valence-electron chi connectivity index (χ3n) is 5.53. The van der Waals surface area contributed by atoms with Gasteiger partial charge in [-0.15, -0.1) is 0 Å². The van der Waals surface area contributed by atoms with Gasteiger partial charge in [-0.25, -0.2) is 0 Å². The Morgan fingerprint density at radius 3 is 2.32 bits per heavy atom. The fourth-order valence-electron chi connectivity index (χ4n) is 4.31. The van der Waals surface area contributed by atoms with Gasteiger partial charge in [0.05, 0.1) is 7.11 Å². The molecule has 2 unspecified atom stereocenters. The Bertz CT molecular complexity index is 945. The number of rotatable bonds is 4. The lowest BCUT2D eigenvalue weighted by Crippen LogP contribution is -2.36. The average Bonchev–Trinajstić information content (AvgIpc) is 2.69. The molecule has 0 radical (unpaired) electrons. The molecule has 1 aliphatic rings. The van der Waals surface area contributed by atoms with Crippen molar-refractivity contribution in [1.82, 2.24) is 0 Å². The second-order valence-corrected chi connectivity index (χ2v) is 8.06. The number of hydrogen-bond acceptors (Lipinski definition) is 3. The lowest BCUT2D eigenvalue weighted by molar-refractivity contribution is 0.0689. The predicted molar refractivity (Wildman–Crippen MR) is 111 cm³/mol. The van der Waals surface area contributed by atoms with E-state index in [-0.39, 0.29) is 23.2 Å². The van der Waals surface area contributed by atoms with Crippen molar-refractivity contribution in [2.24, 2.45) is 0 Å². The fourth-order valence-corrected chi connectivity index (χ4v) is 4.31. The molecule has 1 N–H and O–H groups in total. The highest BCUT2D eigenvalue weighted by molar-refractivity contribution is 5.49. The number of ether oxygens (including phenoxy) is 2. The van der Waals surface area contributed by atoms with Crippen LogP contribution in [0.15, 0.2) is 72.8 Å². The Kier molecular flexibility index (Phi) is 4.76. The van der Waals surface area contributed by atoms with Crippen molar-refractivity contribution in [2.45, 2.75) is 37.7 Å². The van der Waals surface area contributed by atoms with Gasteiger partial charge in [0.25, 0.3) is 0 Å². The number of aromatic hydroxyl groups is 1. The number of phenols is 1. The Morgan fingerprint density at radius 1 is 0.964 bits per heavy atom. The normalized spacial score (nSPS) is 18.6. The van der Waals surface area contributed by atoms with E-state index >= 15 is 0 Å². The van der Waals surface area contributed by atoms with Gasteiger partial charge in [0.2, 0.25) is 0 Å². The van der Waals surface area contributed by atoms with Gasteiger partial charge in [0.1, 0.15) is 22.8 Å². The van der Waals surface area contributed by atoms with Gasteiger partial charge in [-0.2, -0.15) is 0 Å². The number of benzene rings is 3. The first-order valence-electron chi connectivity index (χ1n) is 9.68. The topological polar surface area (TPSA) is 38.7 Å². The molecule has 0 saturated carbocycles. The van der Waals surface area contributed by atoms with Gasteiger partial charge in [0.15, 0.2) is 0 Å². The fraction of sp³-hybridized carbons (Fsp3) is 0.280. The number of hydrogen-bond donors (Lipinski definition) is 1. The monoisotopic (exact) mass is 374 g/mol. The highest BCUT2D eigenvalue weighted by Gasteiger charge is 2.39. The van der Waals surface area contributed by atoms with Gasteiger partial charge in [-0.1, -0.05) is 48.5 Å². The van der Waals surface area contributed by atoms with Crippen LogP contribution in [0.3, 0.4) is 0 Å². The Hall–Kier alpha value is -2.94. The van der Waals surface area contributed by atoms with E-state index in [2.05, 4.69) is 44.2 Å². The molecule has 0 saturated heterocycles. The summed E-state index contributed by atoms with van der Waals surface area (Å²) in [6, 6.07) is 24.3. The standard InChI is InChI=1S/C25H26O3/c1-25(2)16-22(21-14-13-20(27-3)15-23(21)28-25)24(17-7-5-4-6-8-17)18-9-11-19(26)12-10-18/h4-15,22,24,26H,16H2,1-3H3. The van der Waals surface area contributed by atoms with E-state index < -0.39 is 0 Å². The molecule has 0 spiro atoms. The summed E-state index contributed by atoms with van der Waals surface area (Å²) in [5.41, 5.74) is 3.36. The summed E-state index contributed by atoms with van der Waals surface area (Å²) in [4.78, 5) is 0. The second-order valence-electron chi connectivity index (χ2n) is 8.06. The minimum atomic E-state index is -0.284. The van der Waals surface area contributed by atoms with Crippen LogP contribution in [0.2, 0.25) is 0 Å². The van der Waals surface area contributed by atoms with Gasteiger partial charge in [-0.05, 0) is 55.2 Å². The Balaban J connectivity index is 1.87. The second kappa shape index (κ2) is 7.23. The van der Waals surface area contributed by atoms with Crippen molar-refractivity contribution in [2.75, 3.05) is 7.11 Å². The van der Waals surface area contributed by atoms with Crippen LogP contribution in [-0.2, 0) is 0 Å². The molecule has 4 rings (SSSR count). The van der Waals surface area contributed by atoms with Crippen LogP contribution in [0.25, 0.3) is 0 Å². The first-order valence-corrected chi connectivity index (χ1v) is 9.68. The SMILES string of the molecule is COc1ccc2c(c1)OC(C)(C)CC2C(c1ccccc1)c1ccc(O)cc1. The summed E-state index contributed by atoms with van der Waals surface area (Å²) in [6.07, 6.45) is 0.896. The van der Waals surface area contributed by atoms with Crippen LogP contribution in [0, 0.1) is 0 Å². The Labute approximate surface area is 166 Å². The van der Waals surface area contributed by atoms with Crippen LogP contribution in [0.5, 0.6) is 17.2 Å². The van der Waals surface area contributed by atoms with E-state index in [1.807, 2.05) is 30.3 Å². The summed E-state index contributed by atoms with van der Waals surface area (Å²) < 4.78 is 11.7. The smallest absolute Gasteiger partial charge is 0.127 e. The largest absolute Gasteiger partial charge is 0.508 e. The van der Waals surface area contributed by atoms with Gasteiger partial charge >= 0.3 is 0 Å². The summed E-state index contributed by atoms with van der Waals surface area (Å²) in [7, 11) is 1.68. The maximum atomic E-state index is 9.78. The molecule has 0 fully saturated rings. The lowest BCUT2D eigenvalue weighted by atomic mass is 9.71. The van der Waals surface area contributed by atoms with Crippen molar-refractivity contribution in [1.29, 1.82) is 0 Å². The minimum Gasteiger partial charge on any atom is -0.508 e. The quantitative estimate of drug-likeness (QED) is 0.620. The van der Waals surface area contributed by atoms with E-state index in [4.69, 9.17) is 9.47 Å². The molecular formula is C25H26O3. The van der Waals surface area contributed by atoms with Crippen LogP contribution < -0.4 is 9.47 Å². The van der Waals surface area contributed by atoms with E-state index in [9.17, 15) is 5.11 Å². The number of phenolic OH excluding ortho intramolecular Hbond substituents is 1. The number of methoxy groups -OCH3 is 1. The molecule has 0 aliphatic carbocycles. The lowest BCUT2D eigenvalue weighted by Gasteiger charge is -2.41. The zero-order valence-corrected chi connectivity index (χ0v) is 16.6. The molecule has 0 bridgehead atoms. The van der Waals surface area contributed by atoms with Crippen molar-refractivity contribution in [3.8, 4) is 17.2 Å². The molecule has 3 nitrogen and oxygen atoms in total. The van der Waals surface area contributed by atoms with Crippen molar-refractivity contribution in [3.05, 3.63) is 89.5 Å². The molecule has 3 aromatic rings. The van der Waals surface area contributed by atoms with Crippen LogP contribution in [0.4, 0.5) is 0 Å². The highest BCUT2D eigenvalue weighted by Crippen LogP contribution is 2.50. The van der Waals surface area contributed by atoms with Crippen LogP contribution in [-0.4, -0.2) is 17.8 Å². The van der Waals surface area contributed by atoms with E-state index in [0.717, 1.165) is 17.9 Å². The zero-order valence-electron chi connectivity index (χ0n) is 16.6. The van der Waals surface area contributed by atoms with Gasteiger partial charge in [-0.3, -0.25) is 0 Å². The minimum absolute atomic E-state index is 0.164. The van der Waals surface area contributed by atoms with Crippen molar-refractivity contribution in [3.63, 3.8) is 0 Å². The number of fused-ring (bicyclic) bond motifs is 1. The van der Waals surface area contributed by atoms with Gasteiger partial charge < -0.3 is 14.6 Å². The molecular weight excluding hydrogens is 348 g/mol. The predicted octanol–water partition coefficient (Wildman–Crippen LogP) is 5.88. The molecule has 28 heavy (non-hydrogen) atoms. The average molecular weight is 374 g/mol. The summed E-state index contributed by atoms with van der Waals surface area (Å²) in [6.45, 7) is 4.28. The molecule has 3 aromatic carbocycles. The summed E-state index contributed by atoms with van der Waals surface area (Å²) >= 11 is 0. The van der Waals surface area contributed by atoms with Crippen LogP contribution in [0.1, 0.15) is 48.8 Å². The Morgan fingerprint density at radius 2 is 1.64 bits per heavy atom. The first-order chi connectivity index (χ1) is 13.5. The van der Waals surface area contributed by atoms with E-state index in [1.165, 1.54) is 16.7 Å². The van der Waals surface area contributed by atoms with Crippen molar-refractivity contribution >= 4 is 0 Å². The third-order valence-corrected chi connectivity index (χ3v) is 5.53. The van der Waals surface area contributed by atoms with Crippen molar-refractivity contribution < 1.29 is 14.6 Å². The van der Waals surface area contributed by atoms with Gasteiger partial charge in [0, 0.05) is 17.9 Å². The van der Waals surface area contributed by atoms with E-state index in [0.29, 0.717) is 0 Å². The summed E-state index contributed by atoms with van der Waals surface area (Å²) in [5, 5.41) is 9.78.